The quantitative estimate of drug-likeness (QED) is 0.662. The van der Waals surface area contributed by atoms with Gasteiger partial charge in [-0.2, -0.15) is 0 Å². The third-order valence-corrected chi connectivity index (χ3v) is 5.27. The molecule has 0 unspecified atom stereocenters. The highest BCUT2D eigenvalue weighted by atomic mass is 16.5. The largest absolute Gasteiger partial charge is 0.376 e. The zero-order valence-corrected chi connectivity index (χ0v) is 16.5. The Labute approximate surface area is 153 Å². The molecule has 0 N–H and O–H groups in total. The molecule has 25 heavy (non-hydrogen) atoms. The normalized spacial score (nSPS) is 20.9. The molecule has 0 aromatic heterocycles. The lowest BCUT2D eigenvalue weighted by molar-refractivity contribution is -0.133. The average Bonchev–Trinajstić information content (AvgIpc) is 2.59. The van der Waals surface area contributed by atoms with Crippen LogP contribution in [0.5, 0.6) is 0 Å². The van der Waals surface area contributed by atoms with Gasteiger partial charge in [-0.3, -0.25) is 4.79 Å². The molecule has 140 valence electrons. The molecule has 2 rings (SSSR count). The first-order valence-electron chi connectivity index (χ1n) is 9.93. The van der Waals surface area contributed by atoms with Crippen LogP contribution in [0.1, 0.15) is 71.3 Å². The van der Waals surface area contributed by atoms with E-state index in [1.165, 1.54) is 5.56 Å². The monoisotopic (exact) mass is 345 g/mol. The third kappa shape index (κ3) is 5.85. The van der Waals surface area contributed by atoms with Gasteiger partial charge in [-0.05, 0) is 56.9 Å². The highest BCUT2D eigenvalue weighted by molar-refractivity contribution is 5.77. The summed E-state index contributed by atoms with van der Waals surface area (Å²) < 4.78 is 5.92. The van der Waals surface area contributed by atoms with Crippen molar-refractivity contribution in [3.63, 3.8) is 0 Å². The van der Waals surface area contributed by atoms with Crippen LogP contribution in [-0.2, 0) is 9.53 Å². The van der Waals surface area contributed by atoms with Gasteiger partial charge in [0.25, 0.3) is 0 Å². The van der Waals surface area contributed by atoms with E-state index in [1.807, 2.05) is 0 Å². The van der Waals surface area contributed by atoms with Crippen molar-refractivity contribution < 1.29 is 9.53 Å². The van der Waals surface area contributed by atoms with Crippen LogP contribution in [0.2, 0.25) is 0 Å². The smallest absolute Gasteiger partial charge is 0.223 e. The highest BCUT2D eigenvalue weighted by Crippen LogP contribution is 2.40. The molecule has 1 aromatic carbocycles. The van der Waals surface area contributed by atoms with Crippen molar-refractivity contribution in [2.24, 2.45) is 5.92 Å². The molecule has 0 saturated carbocycles. The molecule has 2 atom stereocenters. The van der Waals surface area contributed by atoms with Gasteiger partial charge in [0.2, 0.25) is 5.91 Å². The number of amides is 1. The van der Waals surface area contributed by atoms with Gasteiger partial charge in [-0.25, -0.2) is 0 Å². The molecule has 0 aliphatic carbocycles. The maximum absolute atomic E-state index is 13.0. The molecule has 0 radical (unpaired) electrons. The molecule has 3 heteroatoms. The Balaban J connectivity index is 2.18. The molecule has 0 spiro atoms. The number of nitrogens with zero attached hydrogens (tertiary/aromatic N) is 1. The van der Waals surface area contributed by atoms with Crippen molar-refractivity contribution in [1.29, 1.82) is 0 Å². The van der Waals surface area contributed by atoms with Crippen LogP contribution in [0, 0.1) is 5.92 Å². The first kappa shape index (κ1) is 20.0. The summed E-state index contributed by atoms with van der Waals surface area (Å²) in [5.74, 6) is 1.09. The fourth-order valence-corrected chi connectivity index (χ4v) is 4.10. The lowest BCUT2D eigenvalue weighted by Crippen LogP contribution is -2.39. The van der Waals surface area contributed by atoms with Crippen molar-refractivity contribution in [3.05, 3.63) is 35.9 Å². The second-order valence-corrected chi connectivity index (χ2v) is 7.96. The van der Waals surface area contributed by atoms with Gasteiger partial charge < -0.3 is 9.64 Å². The molecule has 3 nitrogen and oxygen atoms in total. The van der Waals surface area contributed by atoms with E-state index in [9.17, 15) is 4.79 Å². The van der Waals surface area contributed by atoms with E-state index in [-0.39, 0.29) is 11.5 Å². The fraction of sp³-hybridized carbons (Fsp3) is 0.682. The van der Waals surface area contributed by atoms with Gasteiger partial charge in [0.05, 0.1) is 5.60 Å². The first-order valence-corrected chi connectivity index (χ1v) is 9.93. The summed E-state index contributed by atoms with van der Waals surface area (Å²) in [6, 6.07) is 10.6. The zero-order chi connectivity index (χ0) is 18.3. The van der Waals surface area contributed by atoms with Crippen LogP contribution in [0.3, 0.4) is 0 Å². The second-order valence-electron chi connectivity index (χ2n) is 7.96. The minimum atomic E-state index is -0.0917. The molecule has 1 aliphatic heterocycles. The van der Waals surface area contributed by atoms with Gasteiger partial charge in [0, 0.05) is 26.1 Å². The first-order chi connectivity index (χ1) is 12.0. The van der Waals surface area contributed by atoms with Crippen LogP contribution in [-0.4, -0.2) is 36.1 Å². The molecular formula is C22H35NO2. The van der Waals surface area contributed by atoms with E-state index in [4.69, 9.17) is 4.74 Å². The fourth-order valence-electron chi connectivity index (χ4n) is 4.10. The third-order valence-electron chi connectivity index (χ3n) is 5.27. The van der Waals surface area contributed by atoms with Crippen LogP contribution < -0.4 is 0 Å². The minimum Gasteiger partial charge on any atom is -0.376 e. The van der Waals surface area contributed by atoms with Gasteiger partial charge >= 0.3 is 0 Å². The number of hydrogen-bond donors (Lipinski definition) is 0. The molecule has 1 fully saturated rings. The molecular weight excluding hydrogens is 310 g/mol. The lowest BCUT2D eigenvalue weighted by Gasteiger charge is -2.39. The van der Waals surface area contributed by atoms with Gasteiger partial charge in [-0.1, -0.05) is 44.2 Å². The van der Waals surface area contributed by atoms with Crippen molar-refractivity contribution in [3.8, 4) is 0 Å². The van der Waals surface area contributed by atoms with Crippen LogP contribution in [0.15, 0.2) is 30.3 Å². The van der Waals surface area contributed by atoms with E-state index in [0.717, 1.165) is 45.4 Å². The number of carbonyl (C=O) groups is 1. The maximum atomic E-state index is 13.0. The molecule has 0 bridgehead atoms. The summed E-state index contributed by atoms with van der Waals surface area (Å²) in [7, 11) is 0. The van der Waals surface area contributed by atoms with Crippen LogP contribution in [0.4, 0.5) is 0 Å². The maximum Gasteiger partial charge on any atom is 0.223 e. The Morgan fingerprint density at radius 1 is 1.20 bits per heavy atom. The van der Waals surface area contributed by atoms with E-state index in [2.05, 4.69) is 62.9 Å². The number of benzene rings is 1. The van der Waals surface area contributed by atoms with Crippen molar-refractivity contribution in [1.82, 2.24) is 4.90 Å². The Morgan fingerprint density at radius 3 is 2.40 bits per heavy atom. The molecule has 1 aliphatic rings. The molecule has 1 heterocycles. The standard InChI is InChI=1S/C22H35NO2/c1-5-13-23(14-6-2)21(24)16-20(18-10-8-7-9-11-18)19-12-15-25-22(3,4)17-19/h7-11,19-20H,5-6,12-17H2,1-4H3/t19-,20-/m0/s1. The summed E-state index contributed by atoms with van der Waals surface area (Å²) in [6.07, 6.45) is 4.71. The summed E-state index contributed by atoms with van der Waals surface area (Å²) in [5, 5.41) is 0. The number of carbonyl (C=O) groups excluding carboxylic acids is 1. The van der Waals surface area contributed by atoms with Crippen molar-refractivity contribution in [2.75, 3.05) is 19.7 Å². The average molecular weight is 346 g/mol. The number of hydrogen-bond acceptors (Lipinski definition) is 2. The van der Waals surface area contributed by atoms with Crippen LogP contribution in [0.25, 0.3) is 0 Å². The molecule has 1 saturated heterocycles. The Bertz CT molecular complexity index is 520. The molecule has 1 amide bonds. The minimum absolute atomic E-state index is 0.0917. The number of ether oxygens (including phenoxy) is 1. The predicted molar refractivity (Wildman–Crippen MR) is 104 cm³/mol. The summed E-state index contributed by atoms with van der Waals surface area (Å²) in [4.78, 5) is 15.1. The summed E-state index contributed by atoms with van der Waals surface area (Å²) in [5.41, 5.74) is 1.21. The Morgan fingerprint density at radius 2 is 1.84 bits per heavy atom. The Hall–Kier alpha value is -1.35. The summed E-state index contributed by atoms with van der Waals surface area (Å²) in [6.45, 7) is 11.2. The van der Waals surface area contributed by atoms with E-state index in [1.54, 1.807) is 0 Å². The summed E-state index contributed by atoms with van der Waals surface area (Å²) >= 11 is 0. The zero-order valence-electron chi connectivity index (χ0n) is 16.5. The van der Waals surface area contributed by atoms with E-state index in [0.29, 0.717) is 18.2 Å². The Kier molecular flexibility index (Phi) is 7.49. The van der Waals surface area contributed by atoms with Crippen molar-refractivity contribution >= 4 is 5.91 Å². The van der Waals surface area contributed by atoms with Crippen LogP contribution >= 0.6 is 0 Å². The highest BCUT2D eigenvalue weighted by Gasteiger charge is 2.35. The van der Waals surface area contributed by atoms with Gasteiger partial charge in [0.1, 0.15) is 0 Å². The van der Waals surface area contributed by atoms with E-state index < -0.39 is 0 Å². The topological polar surface area (TPSA) is 29.5 Å². The van der Waals surface area contributed by atoms with E-state index >= 15 is 0 Å². The SMILES string of the molecule is CCCN(CCC)C(=O)C[C@@H](c1ccccc1)[C@H]1CCOC(C)(C)C1. The number of rotatable bonds is 8. The van der Waals surface area contributed by atoms with Gasteiger partial charge in [-0.15, -0.1) is 0 Å². The van der Waals surface area contributed by atoms with Crippen molar-refractivity contribution in [2.45, 2.75) is 71.3 Å². The van der Waals surface area contributed by atoms with Gasteiger partial charge in [0.15, 0.2) is 0 Å². The predicted octanol–water partition coefficient (Wildman–Crippen LogP) is 5.01. The molecule has 1 aromatic rings. The lowest BCUT2D eigenvalue weighted by atomic mass is 9.75. The second kappa shape index (κ2) is 9.38.